The first kappa shape index (κ1) is 18.8. The van der Waals surface area contributed by atoms with Gasteiger partial charge < -0.3 is 9.72 Å². The number of hydrogen-bond donors (Lipinski definition) is 1. The second-order valence-electron chi connectivity index (χ2n) is 6.06. The van der Waals surface area contributed by atoms with Gasteiger partial charge in [0.15, 0.2) is 5.75 Å². The van der Waals surface area contributed by atoms with Crippen molar-refractivity contribution in [1.82, 2.24) is 14.9 Å². The van der Waals surface area contributed by atoms with Gasteiger partial charge in [0.1, 0.15) is 0 Å². The van der Waals surface area contributed by atoms with Gasteiger partial charge in [-0.3, -0.25) is 19.8 Å². The molecule has 0 amide bonds. The molecule has 11 heteroatoms. The molecule has 3 rings (SSSR count). The van der Waals surface area contributed by atoms with Crippen molar-refractivity contribution in [3.8, 4) is 5.75 Å². The number of fused-ring (bicyclic) bond motifs is 1. The fraction of sp³-hybridized carbons (Fsp3) is 0.375. The number of nitro benzene ring substituents is 1. The lowest BCUT2D eigenvalue weighted by Crippen LogP contribution is -2.36. The Kier molecular flexibility index (Phi) is 4.87. The van der Waals surface area contributed by atoms with Crippen molar-refractivity contribution < 1.29 is 22.8 Å². The van der Waals surface area contributed by atoms with E-state index >= 15 is 0 Å². The average molecular weight is 384 g/mol. The Labute approximate surface area is 150 Å². The number of rotatable bonds is 4. The van der Waals surface area contributed by atoms with Gasteiger partial charge in [0, 0.05) is 32.1 Å². The number of aromatic amines is 1. The van der Waals surface area contributed by atoms with Gasteiger partial charge in [-0.1, -0.05) is 6.07 Å². The molecule has 2 aromatic rings. The Morgan fingerprint density at radius 2 is 2.15 bits per heavy atom. The van der Waals surface area contributed by atoms with E-state index in [2.05, 4.69) is 4.98 Å². The Morgan fingerprint density at radius 1 is 1.41 bits per heavy atom. The summed E-state index contributed by atoms with van der Waals surface area (Å²) in [5, 5.41) is 11.1. The number of hydrogen-bond acceptors (Lipinski definition) is 6. The van der Waals surface area contributed by atoms with Crippen LogP contribution in [-0.2, 0) is 25.7 Å². The number of H-pyrrole nitrogens is 1. The second kappa shape index (κ2) is 6.99. The van der Waals surface area contributed by atoms with Gasteiger partial charge in [0.05, 0.1) is 23.3 Å². The molecule has 1 aromatic carbocycles. The summed E-state index contributed by atoms with van der Waals surface area (Å²) in [7, 11) is 1.33. The zero-order chi connectivity index (χ0) is 19.8. The molecule has 2 heterocycles. The molecule has 0 atom stereocenters. The van der Waals surface area contributed by atoms with Gasteiger partial charge in [0.25, 0.3) is 5.56 Å². The van der Waals surface area contributed by atoms with Gasteiger partial charge in [0.2, 0.25) is 5.82 Å². The van der Waals surface area contributed by atoms with Crippen LogP contribution in [0.2, 0.25) is 0 Å². The summed E-state index contributed by atoms with van der Waals surface area (Å²) in [5.74, 6) is -1.17. The van der Waals surface area contributed by atoms with E-state index < -0.39 is 22.5 Å². The molecule has 27 heavy (non-hydrogen) atoms. The minimum absolute atomic E-state index is 0.107. The molecule has 0 spiro atoms. The highest BCUT2D eigenvalue weighted by atomic mass is 19.4. The van der Waals surface area contributed by atoms with E-state index in [1.165, 1.54) is 19.2 Å². The molecular formula is C16H15F3N4O4. The van der Waals surface area contributed by atoms with Gasteiger partial charge >= 0.3 is 11.9 Å². The van der Waals surface area contributed by atoms with Crippen molar-refractivity contribution in [2.24, 2.45) is 0 Å². The number of halogens is 3. The van der Waals surface area contributed by atoms with Gasteiger partial charge in [-0.25, -0.2) is 4.98 Å². The van der Waals surface area contributed by atoms with Crippen LogP contribution in [0.4, 0.5) is 18.9 Å². The first-order chi connectivity index (χ1) is 12.7. The summed E-state index contributed by atoms with van der Waals surface area (Å²) in [6, 6.07) is 4.52. The molecule has 0 unspecified atom stereocenters. The maximum absolute atomic E-state index is 12.8. The maximum atomic E-state index is 12.8. The second-order valence-corrected chi connectivity index (χ2v) is 6.06. The molecule has 1 aliphatic rings. The van der Waals surface area contributed by atoms with Crippen LogP contribution in [-0.4, -0.2) is 33.4 Å². The number of methoxy groups -OCH3 is 1. The first-order valence-electron chi connectivity index (χ1n) is 7.92. The summed E-state index contributed by atoms with van der Waals surface area (Å²) < 4.78 is 43.2. The molecule has 0 bridgehead atoms. The molecule has 144 valence electrons. The van der Waals surface area contributed by atoms with E-state index in [9.17, 15) is 28.1 Å². The SMILES string of the molecule is COc1ccc(CN2CCc3nc(C(F)(F)F)[nH]c(=O)c3C2)cc1[N+](=O)[O-]. The number of nitrogens with zero attached hydrogens (tertiary/aromatic N) is 3. The lowest BCUT2D eigenvalue weighted by Gasteiger charge is -2.27. The number of nitro groups is 1. The van der Waals surface area contributed by atoms with E-state index in [4.69, 9.17) is 4.74 Å². The zero-order valence-electron chi connectivity index (χ0n) is 14.2. The molecule has 1 aromatic heterocycles. The smallest absolute Gasteiger partial charge is 0.449 e. The van der Waals surface area contributed by atoms with Crippen molar-refractivity contribution in [2.45, 2.75) is 25.7 Å². The van der Waals surface area contributed by atoms with E-state index in [1.807, 2.05) is 4.90 Å². The number of nitrogens with one attached hydrogen (secondary N) is 1. The summed E-state index contributed by atoms with van der Waals surface area (Å²) >= 11 is 0. The molecule has 1 aliphatic heterocycles. The number of ether oxygens (including phenoxy) is 1. The summed E-state index contributed by atoms with van der Waals surface area (Å²) in [6.45, 7) is 0.779. The Bertz CT molecular complexity index is 942. The molecular weight excluding hydrogens is 369 g/mol. The summed E-state index contributed by atoms with van der Waals surface area (Å²) in [5.41, 5.74) is -0.0676. The quantitative estimate of drug-likeness (QED) is 0.641. The zero-order valence-corrected chi connectivity index (χ0v) is 14.2. The summed E-state index contributed by atoms with van der Waals surface area (Å²) in [4.78, 5) is 29.7. The number of alkyl halides is 3. The van der Waals surface area contributed by atoms with Crippen molar-refractivity contribution >= 4 is 5.69 Å². The minimum Gasteiger partial charge on any atom is -0.490 e. The highest BCUT2D eigenvalue weighted by Gasteiger charge is 2.36. The van der Waals surface area contributed by atoms with E-state index in [0.29, 0.717) is 18.7 Å². The van der Waals surface area contributed by atoms with Crippen molar-refractivity contribution in [1.29, 1.82) is 0 Å². The van der Waals surface area contributed by atoms with Crippen LogP contribution in [0.1, 0.15) is 22.6 Å². The molecule has 1 N–H and O–H groups in total. The lowest BCUT2D eigenvalue weighted by molar-refractivity contribution is -0.385. The molecule has 0 saturated heterocycles. The average Bonchev–Trinajstić information content (AvgIpc) is 2.61. The third-order valence-corrected chi connectivity index (χ3v) is 4.26. The molecule has 8 nitrogen and oxygen atoms in total. The highest BCUT2D eigenvalue weighted by molar-refractivity contribution is 5.48. The third-order valence-electron chi connectivity index (χ3n) is 4.26. The highest BCUT2D eigenvalue weighted by Crippen LogP contribution is 2.29. The first-order valence-corrected chi connectivity index (χ1v) is 7.92. The van der Waals surface area contributed by atoms with Gasteiger partial charge in [-0.2, -0.15) is 13.2 Å². The molecule has 0 saturated carbocycles. The van der Waals surface area contributed by atoms with Crippen LogP contribution in [0, 0.1) is 10.1 Å². The van der Waals surface area contributed by atoms with Gasteiger partial charge in [-0.05, 0) is 11.6 Å². The van der Waals surface area contributed by atoms with Crippen molar-refractivity contribution in [2.75, 3.05) is 13.7 Å². The molecule has 0 aliphatic carbocycles. The predicted molar refractivity (Wildman–Crippen MR) is 87.3 cm³/mol. The van der Waals surface area contributed by atoms with Crippen LogP contribution in [0.3, 0.4) is 0 Å². The maximum Gasteiger partial charge on any atom is 0.449 e. The third kappa shape index (κ3) is 3.92. The van der Waals surface area contributed by atoms with Crippen LogP contribution in [0.25, 0.3) is 0 Å². The van der Waals surface area contributed by atoms with Crippen LogP contribution in [0.15, 0.2) is 23.0 Å². The topological polar surface area (TPSA) is 101 Å². The van der Waals surface area contributed by atoms with E-state index in [1.54, 1.807) is 11.1 Å². The Balaban J connectivity index is 1.82. The summed E-state index contributed by atoms with van der Waals surface area (Å²) in [6.07, 6.45) is -4.53. The van der Waals surface area contributed by atoms with Crippen LogP contribution >= 0.6 is 0 Å². The Hall–Kier alpha value is -2.95. The normalized spacial score (nSPS) is 14.7. The minimum atomic E-state index is -4.71. The van der Waals surface area contributed by atoms with Crippen LogP contribution < -0.4 is 10.3 Å². The Morgan fingerprint density at radius 3 is 2.78 bits per heavy atom. The predicted octanol–water partition coefficient (Wildman–Crippen LogP) is 2.26. The van der Waals surface area contributed by atoms with E-state index in [0.717, 1.165) is 0 Å². The number of benzene rings is 1. The molecule has 0 radical (unpaired) electrons. The lowest BCUT2D eigenvalue weighted by atomic mass is 10.1. The van der Waals surface area contributed by atoms with Gasteiger partial charge in [-0.15, -0.1) is 0 Å². The fourth-order valence-corrected chi connectivity index (χ4v) is 2.98. The monoisotopic (exact) mass is 384 g/mol. The standard InChI is InChI=1S/C16H15F3N4O4/c1-27-13-3-2-9(6-12(13)23(25)26)7-22-5-4-11-10(8-22)14(24)21-15(20-11)16(17,18)19/h2-3,6H,4-5,7-8H2,1H3,(H,20,21,24). The molecule has 0 fully saturated rings. The van der Waals surface area contributed by atoms with E-state index in [-0.39, 0.29) is 35.7 Å². The van der Waals surface area contributed by atoms with Crippen molar-refractivity contribution in [3.05, 3.63) is 61.3 Å². The van der Waals surface area contributed by atoms with Crippen LogP contribution in [0.5, 0.6) is 5.75 Å². The largest absolute Gasteiger partial charge is 0.490 e. The van der Waals surface area contributed by atoms with Crippen molar-refractivity contribution in [3.63, 3.8) is 0 Å². The fourth-order valence-electron chi connectivity index (χ4n) is 2.98. The number of aromatic nitrogens is 2.